The molecule has 0 radical (unpaired) electrons. The Bertz CT molecular complexity index is 1490. The summed E-state index contributed by atoms with van der Waals surface area (Å²) in [4.78, 5) is 33.0. The lowest BCUT2D eigenvalue weighted by atomic mass is 9.80. The molecule has 5 atom stereocenters. The average Bonchev–Trinajstić information content (AvgIpc) is 3.69. The number of nitrogens with zero attached hydrogens (tertiary/aromatic N) is 1. The van der Waals surface area contributed by atoms with E-state index in [0.29, 0.717) is 29.6 Å². The monoisotopic (exact) mass is 668 g/mol. The molecular formula is C28H38BN2O12PS. The topological polar surface area (TPSA) is 190 Å². The van der Waals surface area contributed by atoms with Crippen molar-refractivity contribution in [3.63, 3.8) is 0 Å². The van der Waals surface area contributed by atoms with Crippen LogP contribution in [-0.2, 0) is 51.0 Å². The Labute approximate surface area is 262 Å². The average molecular weight is 668 g/mol. The highest BCUT2D eigenvalue weighted by atomic mass is 32.2. The van der Waals surface area contributed by atoms with E-state index in [1.807, 2.05) is 0 Å². The van der Waals surface area contributed by atoms with Gasteiger partial charge in [-0.1, -0.05) is 50.2 Å². The zero-order valence-electron chi connectivity index (χ0n) is 24.9. The van der Waals surface area contributed by atoms with Crippen molar-refractivity contribution in [3.8, 4) is 0 Å². The van der Waals surface area contributed by atoms with Gasteiger partial charge in [0.2, 0.25) is 10.0 Å². The van der Waals surface area contributed by atoms with Gasteiger partial charge in [0.05, 0.1) is 36.7 Å². The lowest BCUT2D eigenvalue weighted by Crippen LogP contribution is -2.52. The Morgan fingerprint density at radius 3 is 2.62 bits per heavy atom. The van der Waals surface area contributed by atoms with Gasteiger partial charge in [-0.05, 0) is 47.5 Å². The third kappa shape index (κ3) is 8.52. The SMILES string of the molecule is CC(C)CN(C[C@@H](OP(=O)(O)O)[C@H](Cc1ccccc1)NC(=O)O[C@H]1CO[C@H]2OCC[C@H]21)S(=O)(=O)c1ccc2c(c1)COB2O. The number of alkyl carbamates (subject to hydrolysis) is 1. The van der Waals surface area contributed by atoms with Crippen LogP contribution in [0.3, 0.4) is 0 Å². The van der Waals surface area contributed by atoms with E-state index in [9.17, 15) is 32.6 Å². The smallest absolute Gasteiger partial charge is 0.443 e. The molecular weight excluding hydrogens is 630 g/mol. The van der Waals surface area contributed by atoms with Crippen molar-refractivity contribution in [3.05, 3.63) is 59.7 Å². The zero-order valence-corrected chi connectivity index (χ0v) is 26.6. The number of phosphoric acid groups is 1. The van der Waals surface area contributed by atoms with Crippen LogP contribution in [0, 0.1) is 11.8 Å². The Hall–Kier alpha value is -2.37. The van der Waals surface area contributed by atoms with E-state index in [-0.39, 0.29) is 42.9 Å². The van der Waals surface area contributed by atoms with Gasteiger partial charge in [0.25, 0.3) is 0 Å². The van der Waals surface area contributed by atoms with Crippen LogP contribution in [0.5, 0.6) is 0 Å². The number of phosphoric ester groups is 1. The summed E-state index contributed by atoms with van der Waals surface area (Å²) in [6.07, 6.45) is -2.73. The molecule has 3 aliphatic rings. The number of nitrogens with one attached hydrogen (secondary N) is 1. The van der Waals surface area contributed by atoms with Crippen molar-refractivity contribution in [2.24, 2.45) is 11.8 Å². The predicted molar refractivity (Wildman–Crippen MR) is 160 cm³/mol. The molecule has 0 aliphatic carbocycles. The van der Waals surface area contributed by atoms with Crippen LogP contribution in [0.1, 0.15) is 31.4 Å². The molecule has 246 valence electrons. The number of carbonyl (C=O) groups excluding carboxylic acids is 1. The number of hydrogen-bond acceptors (Lipinski definition) is 10. The van der Waals surface area contributed by atoms with Gasteiger partial charge in [0, 0.05) is 13.1 Å². The fourth-order valence-electron chi connectivity index (χ4n) is 5.82. The zero-order chi connectivity index (χ0) is 32.4. The molecule has 45 heavy (non-hydrogen) atoms. The first-order valence-corrected chi connectivity index (χ1v) is 17.7. The highest BCUT2D eigenvalue weighted by Crippen LogP contribution is 2.39. The van der Waals surface area contributed by atoms with Crippen molar-refractivity contribution in [2.45, 2.75) is 62.7 Å². The molecule has 17 heteroatoms. The van der Waals surface area contributed by atoms with Crippen molar-refractivity contribution in [1.29, 1.82) is 0 Å². The van der Waals surface area contributed by atoms with E-state index < -0.39 is 62.1 Å². The van der Waals surface area contributed by atoms with Crippen LogP contribution < -0.4 is 10.8 Å². The fraction of sp³-hybridized carbons (Fsp3) is 0.536. The molecule has 0 unspecified atom stereocenters. The Balaban J connectivity index is 1.44. The van der Waals surface area contributed by atoms with E-state index in [1.165, 1.54) is 18.2 Å². The summed E-state index contributed by atoms with van der Waals surface area (Å²) in [5.41, 5.74) is 1.67. The third-order valence-electron chi connectivity index (χ3n) is 7.93. The van der Waals surface area contributed by atoms with Gasteiger partial charge in [-0.3, -0.25) is 4.52 Å². The summed E-state index contributed by atoms with van der Waals surface area (Å²) in [5.74, 6) is -0.333. The number of hydrogen-bond donors (Lipinski definition) is 4. The van der Waals surface area contributed by atoms with Gasteiger partial charge in [-0.2, -0.15) is 4.31 Å². The number of amides is 1. The van der Waals surface area contributed by atoms with Crippen molar-refractivity contribution in [1.82, 2.24) is 9.62 Å². The number of carbonyl (C=O) groups is 1. The summed E-state index contributed by atoms with van der Waals surface area (Å²) in [7, 11) is -10.6. The van der Waals surface area contributed by atoms with Crippen molar-refractivity contribution >= 4 is 36.5 Å². The molecule has 2 saturated heterocycles. The summed E-state index contributed by atoms with van der Waals surface area (Å²) in [6, 6.07) is 12.0. The highest BCUT2D eigenvalue weighted by Gasteiger charge is 2.44. The van der Waals surface area contributed by atoms with Gasteiger partial charge in [-0.15, -0.1) is 0 Å². The summed E-state index contributed by atoms with van der Waals surface area (Å²) >= 11 is 0. The standard InChI is InChI=1S/C28H38BN2O12PS/c1-18(2)14-31(45(37,38)21-8-9-23-20(13-21)16-41-29(23)33)15-25(43-44(34,35)36)24(12-19-6-4-3-5-7-19)30-28(32)42-26-17-40-27-22(26)10-11-39-27/h3-9,13,18,22,24-27,33H,10-12,14-17H2,1-2H3,(H,30,32)(H2,34,35,36)/t22-,24-,25+,26-,27+/m0/s1. The number of benzene rings is 2. The first-order valence-electron chi connectivity index (χ1n) is 14.7. The van der Waals surface area contributed by atoms with E-state index in [2.05, 4.69) is 5.32 Å². The summed E-state index contributed by atoms with van der Waals surface area (Å²) < 4.78 is 68.6. The Kier molecular flexibility index (Phi) is 10.7. The maximum Gasteiger partial charge on any atom is 0.491 e. The summed E-state index contributed by atoms with van der Waals surface area (Å²) in [5, 5.41) is 12.7. The van der Waals surface area contributed by atoms with Gasteiger partial charge < -0.3 is 39.0 Å². The van der Waals surface area contributed by atoms with Crippen LogP contribution in [0.25, 0.3) is 0 Å². The summed E-state index contributed by atoms with van der Waals surface area (Å²) in [6.45, 7) is 3.71. The van der Waals surface area contributed by atoms with Gasteiger partial charge >= 0.3 is 21.0 Å². The first kappa shape index (κ1) is 34.0. The number of sulfonamides is 1. The van der Waals surface area contributed by atoms with Crippen LogP contribution in [-0.4, -0.2) is 91.6 Å². The molecule has 0 aromatic heterocycles. The lowest BCUT2D eigenvalue weighted by Gasteiger charge is -2.33. The van der Waals surface area contributed by atoms with Gasteiger partial charge in [0.1, 0.15) is 12.2 Å². The van der Waals surface area contributed by atoms with E-state index in [4.69, 9.17) is 23.4 Å². The van der Waals surface area contributed by atoms with Crippen molar-refractivity contribution in [2.75, 3.05) is 26.3 Å². The molecule has 5 rings (SSSR count). The molecule has 0 spiro atoms. The molecule has 3 aliphatic heterocycles. The minimum absolute atomic E-state index is 0.0233. The first-order chi connectivity index (χ1) is 21.3. The number of fused-ring (bicyclic) bond motifs is 2. The van der Waals surface area contributed by atoms with E-state index >= 15 is 0 Å². The van der Waals surface area contributed by atoms with Crippen LogP contribution in [0.2, 0.25) is 0 Å². The van der Waals surface area contributed by atoms with Crippen molar-refractivity contribution < 1.29 is 56.0 Å². The normalized spacial score (nSPS) is 22.8. The molecule has 0 saturated carbocycles. The molecule has 2 aromatic carbocycles. The van der Waals surface area contributed by atoms with Crippen LogP contribution in [0.4, 0.5) is 4.79 Å². The molecule has 2 fully saturated rings. The molecule has 1 amide bonds. The Morgan fingerprint density at radius 2 is 1.91 bits per heavy atom. The second-order valence-electron chi connectivity index (χ2n) is 11.8. The lowest BCUT2D eigenvalue weighted by molar-refractivity contribution is -0.0907. The molecule has 2 aromatic rings. The fourth-order valence-corrected chi connectivity index (χ4v) is 8.05. The van der Waals surface area contributed by atoms with Gasteiger partial charge in [0.15, 0.2) is 6.29 Å². The third-order valence-corrected chi connectivity index (χ3v) is 10.3. The molecule has 4 N–H and O–H groups in total. The largest absolute Gasteiger partial charge is 0.491 e. The number of rotatable bonds is 13. The number of ether oxygens (including phenoxy) is 3. The maximum atomic E-state index is 14.0. The van der Waals surface area contributed by atoms with E-state index in [0.717, 1.165) is 4.31 Å². The van der Waals surface area contributed by atoms with Crippen LogP contribution in [0.15, 0.2) is 53.4 Å². The molecule has 14 nitrogen and oxygen atoms in total. The minimum atomic E-state index is -5.19. The minimum Gasteiger partial charge on any atom is -0.443 e. The quantitative estimate of drug-likeness (QED) is 0.176. The maximum absolute atomic E-state index is 14.0. The predicted octanol–water partition coefficient (Wildman–Crippen LogP) is 1.13. The Morgan fingerprint density at radius 1 is 1.16 bits per heavy atom. The van der Waals surface area contributed by atoms with Gasteiger partial charge in [-0.25, -0.2) is 17.8 Å². The molecule has 0 bridgehead atoms. The molecule has 3 heterocycles. The second-order valence-corrected chi connectivity index (χ2v) is 14.9. The van der Waals surface area contributed by atoms with E-state index in [1.54, 1.807) is 44.2 Å². The second kappa shape index (κ2) is 14.2. The highest BCUT2D eigenvalue weighted by molar-refractivity contribution is 7.89. The van der Waals surface area contributed by atoms with Crippen LogP contribution >= 0.6 is 7.82 Å².